The molecule has 0 atom stereocenters. The van der Waals surface area contributed by atoms with Gasteiger partial charge in [-0.2, -0.15) is 0 Å². The topological polar surface area (TPSA) is 56.7 Å². The molecule has 262 valence electrons. The van der Waals surface area contributed by atoms with Crippen LogP contribution in [0.1, 0.15) is 0 Å². The highest BCUT2D eigenvalue weighted by molar-refractivity contribution is 6.15. The maximum atomic E-state index is 6.84. The van der Waals surface area contributed by atoms with Crippen LogP contribution in [-0.4, -0.2) is 19.5 Å². The first-order chi connectivity index (χ1) is 27.7. The minimum Gasteiger partial charge on any atom is -0.456 e. The fraction of sp³-hybridized carbons (Fsp3) is 0. The molecule has 0 saturated heterocycles. The summed E-state index contributed by atoms with van der Waals surface area (Å²) in [6.07, 6.45) is 0. The zero-order valence-corrected chi connectivity index (χ0v) is 30.2. The van der Waals surface area contributed by atoms with E-state index in [4.69, 9.17) is 19.4 Å². The Bertz CT molecular complexity index is 3130. The molecule has 11 rings (SSSR count). The van der Waals surface area contributed by atoms with E-state index in [9.17, 15) is 0 Å². The summed E-state index contributed by atoms with van der Waals surface area (Å²) >= 11 is 0. The normalized spacial score (nSPS) is 11.6. The number of nitrogens with zero attached hydrogens (tertiary/aromatic N) is 4. The number of para-hydroxylation sites is 2. The highest BCUT2D eigenvalue weighted by Gasteiger charge is 2.19. The van der Waals surface area contributed by atoms with Crippen molar-refractivity contribution in [1.29, 1.82) is 0 Å². The molecule has 5 nitrogen and oxygen atoms in total. The lowest BCUT2D eigenvalue weighted by atomic mass is 9.93. The summed E-state index contributed by atoms with van der Waals surface area (Å²) in [6, 6.07) is 67.4. The SMILES string of the molecule is c1ccc(-c2cc(-c3cccc(-c4nc(-c5ccccc5)nc(-c5ccccc5)n4)c3)c3c(c2)oc2cc(-n4c5ccccc5c5ccccc54)ccc23)cc1. The lowest BCUT2D eigenvalue weighted by molar-refractivity contribution is 0.669. The average Bonchev–Trinajstić information content (AvgIpc) is 3.82. The Labute approximate surface area is 322 Å². The summed E-state index contributed by atoms with van der Waals surface area (Å²) in [5, 5.41) is 4.58. The molecule has 0 aliphatic heterocycles. The summed E-state index contributed by atoms with van der Waals surface area (Å²) in [5.41, 5.74) is 12.1. The smallest absolute Gasteiger partial charge is 0.164 e. The van der Waals surface area contributed by atoms with E-state index in [1.54, 1.807) is 0 Å². The minimum absolute atomic E-state index is 0.614. The van der Waals surface area contributed by atoms with Crippen molar-refractivity contribution in [3.8, 4) is 62.1 Å². The average molecular weight is 717 g/mol. The molecule has 0 unspecified atom stereocenters. The van der Waals surface area contributed by atoms with Gasteiger partial charge in [0.2, 0.25) is 0 Å². The lowest BCUT2D eigenvalue weighted by Gasteiger charge is -2.12. The molecule has 8 aromatic carbocycles. The van der Waals surface area contributed by atoms with Crippen LogP contribution in [0.25, 0.3) is 106 Å². The molecule has 0 spiro atoms. The second-order valence-electron chi connectivity index (χ2n) is 14.0. The van der Waals surface area contributed by atoms with Crippen LogP contribution >= 0.6 is 0 Å². The maximum absolute atomic E-state index is 6.84. The van der Waals surface area contributed by atoms with Gasteiger partial charge < -0.3 is 8.98 Å². The van der Waals surface area contributed by atoms with Crippen LogP contribution in [0.2, 0.25) is 0 Å². The van der Waals surface area contributed by atoms with Crippen molar-refractivity contribution < 1.29 is 4.42 Å². The molecule has 5 heteroatoms. The zero-order chi connectivity index (χ0) is 37.0. The molecule has 3 heterocycles. The second kappa shape index (κ2) is 13.0. The van der Waals surface area contributed by atoms with Gasteiger partial charge in [-0.25, -0.2) is 15.0 Å². The Hall–Kier alpha value is -7.63. The van der Waals surface area contributed by atoms with Crippen LogP contribution in [0.15, 0.2) is 199 Å². The van der Waals surface area contributed by atoms with Crippen molar-refractivity contribution in [2.24, 2.45) is 0 Å². The fourth-order valence-corrected chi connectivity index (χ4v) is 8.02. The number of benzene rings is 8. The Balaban J connectivity index is 1.11. The molecule has 0 amide bonds. The number of furan rings is 1. The molecular weight excluding hydrogens is 685 g/mol. The van der Waals surface area contributed by atoms with Crippen molar-refractivity contribution in [1.82, 2.24) is 19.5 Å². The fourth-order valence-electron chi connectivity index (χ4n) is 8.02. The first-order valence-electron chi connectivity index (χ1n) is 18.8. The monoisotopic (exact) mass is 716 g/mol. The molecule has 11 aromatic rings. The van der Waals surface area contributed by atoms with Gasteiger partial charge in [0.25, 0.3) is 0 Å². The van der Waals surface area contributed by atoms with Crippen LogP contribution < -0.4 is 0 Å². The van der Waals surface area contributed by atoms with E-state index in [0.717, 1.165) is 77.6 Å². The number of fused-ring (bicyclic) bond motifs is 6. The minimum atomic E-state index is 0.614. The van der Waals surface area contributed by atoms with Gasteiger partial charge in [-0.15, -0.1) is 0 Å². The number of hydrogen-bond donors (Lipinski definition) is 0. The van der Waals surface area contributed by atoms with Gasteiger partial charge in [0.05, 0.1) is 11.0 Å². The third-order valence-corrected chi connectivity index (χ3v) is 10.6. The van der Waals surface area contributed by atoms with Crippen LogP contribution in [0, 0.1) is 0 Å². The van der Waals surface area contributed by atoms with E-state index in [1.807, 2.05) is 66.7 Å². The van der Waals surface area contributed by atoms with E-state index < -0.39 is 0 Å². The summed E-state index contributed by atoms with van der Waals surface area (Å²) in [4.78, 5) is 15.0. The van der Waals surface area contributed by atoms with Crippen molar-refractivity contribution in [2.75, 3.05) is 0 Å². The van der Waals surface area contributed by atoms with Crippen LogP contribution in [-0.2, 0) is 0 Å². The Morgan fingerprint density at radius 3 is 1.48 bits per heavy atom. The van der Waals surface area contributed by atoms with Gasteiger partial charge >= 0.3 is 0 Å². The van der Waals surface area contributed by atoms with Gasteiger partial charge in [0.1, 0.15) is 11.2 Å². The molecule has 0 bridgehead atoms. The van der Waals surface area contributed by atoms with E-state index in [-0.39, 0.29) is 0 Å². The van der Waals surface area contributed by atoms with Gasteiger partial charge in [-0.3, -0.25) is 0 Å². The maximum Gasteiger partial charge on any atom is 0.164 e. The van der Waals surface area contributed by atoms with Gasteiger partial charge in [0, 0.05) is 50.0 Å². The predicted molar refractivity (Wildman–Crippen MR) is 229 cm³/mol. The largest absolute Gasteiger partial charge is 0.456 e. The first kappa shape index (κ1) is 31.9. The quantitative estimate of drug-likeness (QED) is 0.172. The van der Waals surface area contributed by atoms with Gasteiger partial charge in [-0.1, -0.05) is 146 Å². The summed E-state index contributed by atoms with van der Waals surface area (Å²) in [7, 11) is 0. The predicted octanol–water partition coefficient (Wildman–Crippen LogP) is 13.2. The highest BCUT2D eigenvalue weighted by atomic mass is 16.3. The summed E-state index contributed by atoms with van der Waals surface area (Å²) < 4.78 is 9.17. The standard InChI is InChI=1S/C51H32N4O/c1-4-15-33(16-5-1)38-30-43(36-21-14-22-37(29-36)51-53-49(34-17-6-2-7-18-34)52-50(54-51)35-19-8-3-9-20-35)48-42-28-27-39(32-46(42)56-47(48)31-38)55-44-25-12-10-23-40(44)41-24-11-13-26-45(41)55/h1-32H. The molecule has 3 aromatic heterocycles. The Kier molecular flexibility index (Phi) is 7.42. The van der Waals surface area contributed by atoms with E-state index >= 15 is 0 Å². The van der Waals surface area contributed by atoms with E-state index in [1.165, 1.54) is 10.8 Å². The number of hydrogen-bond acceptors (Lipinski definition) is 4. The zero-order valence-electron chi connectivity index (χ0n) is 30.2. The molecule has 0 N–H and O–H groups in total. The molecule has 0 aliphatic carbocycles. The van der Waals surface area contributed by atoms with Crippen LogP contribution in [0.3, 0.4) is 0 Å². The molecule has 0 fully saturated rings. The number of aromatic nitrogens is 4. The van der Waals surface area contributed by atoms with Gasteiger partial charge in [-0.05, 0) is 64.7 Å². The summed E-state index contributed by atoms with van der Waals surface area (Å²) in [5.74, 6) is 1.88. The Morgan fingerprint density at radius 1 is 0.339 bits per heavy atom. The first-order valence-corrected chi connectivity index (χ1v) is 18.8. The third-order valence-electron chi connectivity index (χ3n) is 10.6. The lowest BCUT2D eigenvalue weighted by Crippen LogP contribution is -2.00. The van der Waals surface area contributed by atoms with E-state index in [2.05, 4.69) is 132 Å². The van der Waals surface area contributed by atoms with Crippen molar-refractivity contribution in [3.63, 3.8) is 0 Å². The van der Waals surface area contributed by atoms with Gasteiger partial charge in [0.15, 0.2) is 17.5 Å². The highest BCUT2D eigenvalue weighted by Crippen LogP contribution is 2.42. The molecule has 0 radical (unpaired) electrons. The van der Waals surface area contributed by atoms with Crippen molar-refractivity contribution in [2.45, 2.75) is 0 Å². The summed E-state index contributed by atoms with van der Waals surface area (Å²) in [6.45, 7) is 0. The molecular formula is C51H32N4O. The molecule has 0 aliphatic rings. The van der Waals surface area contributed by atoms with Crippen LogP contribution in [0.5, 0.6) is 0 Å². The van der Waals surface area contributed by atoms with Crippen molar-refractivity contribution >= 4 is 43.7 Å². The van der Waals surface area contributed by atoms with E-state index in [0.29, 0.717) is 17.5 Å². The molecule has 56 heavy (non-hydrogen) atoms. The number of rotatable bonds is 6. The third kappa shape index (κ3) is 5.37. The van der Waals surface area contributed by atoms with Crippen LogP contribution in [0.4, 0.5) is 0 Å². The Morgan fingerprint density at radius 2 is 0.857 bits per heavy atom. The second-order valence-corrected chi connectivity index (χ2v) is 14.0. The molecule has 0 saturated carbocycles. The van der Waals surface area contributed by atoms with Crippen molar-refractivity contribution in [3.05, 3.63) is 194 Å².